The zero-order valence-electron chi connectivity index (χ0n) is 10.5. The zero-order valence-corrected chi connectivity index (χ0v) is 10.5. The van der Waals surface area contributed by atoms with E-state index in [9.17, 15) is 4.79 Å². The van der Waals surface area contributed by atoms with Crippen LogP contribution in [0.1, 0.15) is 39.0 Å². The molecular weight excluding hydrogens is 212 g/mol. The van der Waals surface area contributed by atoms with Gasteiger partial charge in [-0.2, -0.15) is 0 Å². The van der Waals surface area contributed by atoms with Gasteiger partial charge in [0.25, 0.3) is 0 Å². The Hall–Kier alpha value is -1.57. The second-order valence-electron chi connectivity index (χ2n) is 3.60. The molecule has 0 fully saturated rings. The van der Waals surface area contributed by atoms with Gasteiger partial charge in [0.2, 0.25) is 0 Å². The van der Waals surface area contributed by atoms with E-state index in [4.69, 9.17) is 5.11 Å². The SMILES string of the molecule is CCC=CCC=CCC=CCC=CCC(=O)O. The summed E-state index contributed by atoms with van der Waals surface area (Å²) < 4.78 is 0. The molecule has 0 aromatic heterocycles. The molecule has 0 unspecified atom stereocenters. The van der Waals surface area contributed by atoms with Crippen molar-refractivity contribution in [2.45, 2.75) is 39.0 Å². The lowest BCUT2D eigenvalue weighted by atomic mass is 10.2. The fourth-order valence-electron chi connectivity index (χ4n) is 1.16. The third-order valence-corrected chi connectivity index (χ3v) is 2.01. The average molecular weight is 234 g/mol. The summed E-state index contributed by atoms with van der Waals surface area (Å²) in [6.07, 6.45) is 20.2. The minimum Gasteiger partial charge on any atom is -0.481 e. The maximum atomic E-state index is 10.2. The van der Waals surface area contributed by atoms with Crippen LogP contribution in [0.2, 0.25) is 0 Å². The third kappa shape index (κ3) is 14.4. The van der Waals surface area contributed by atoms with Crippen molar-refractivity contribution >= 4 is 5.97 Å². The van der Waals surface area contributed by atoms with Crippen LogP contribution in [0.5, 0.6) is 0 Å². The van der Waals surface area contributed by atoms with Gasteiger partial charge in [-0.05, 0) is 25.7 Å². The Balaban J connectivity index is 3.45. The monoisotopic (exact) mass is 234 g/mol. The smallest absolute Gasteiger partial charge is 0.307 e. The third-order valence-electron chi connectivity index (χ3n) is 2.01. The Morgan fingerprint density at radius 1 is 0.824 bits per heavy atom. The Bertz CT molecular complexity index is 296. The normalized spacial score (nSPS) is 12.5. The van der Waals surface area contributed by atoms with Crippen molar-refractivity contribution in [1.82, 2.24) is 0 Å². The molecule has 94 valence electrons. The molecule has 0 rings (SSSR count). The second kappa shape index (κ2) is 12.5. The molecular formula is C15H22O2. The zero-order chi connectivity index (χ0) is 12.8. The maximum absolute atomic E-state index is 10.2. The van der Waals surface area contributed by atoms with Crippen molar-refractivity contribution in [3.8, 4) is 0 Å². The Morgan fingerprint density at radius 3 is 1.65 bits per heavy atom. The largest absolute Gasteiger partial charge is 0.481 e. The van der Waals surface area contributed by atoms with Crippen molar-refractivity contribution in [1.29, 1.82) is 0 Å². The Kier molecular flexibility index (Phi) is 11.3. The highest BCUT2D eigenvalue weighted by Crippen LogP contribution is 1.94. The van der Waals surface area contributed by atoms with Crippen molar-refractivity contribution in [3.63, 3.8) is 0 Å². The van der Waals surface area contributed by atoms with Gasteiger partial charge in [0.1, 0.15) is 0 Å². The molecule has 0 heterocycles. The van der Waals surface area contributed by atoms with Crippen molar-refractivity contribution in [2.24, 2.45) is 0 Å². The van der Waals surface area contributed by atoms with Crippen LogP contribution < -0.4 is 0 Å². The number of hydrogen-bond donors (Lipinski definition) is 1. The summed E-state index contributed by atoms with van der Waals surface area (Å²) >= 11 is 0. The topological polar surface area (TPSA) is 37.3 Å². The van der Waals surface area contributed by atoms with E-state index in [1.165, 1.54) is 0 Å². The van der Waals surface area contributed by atoms with Crippen LogP contribution in [0, 0.1) is 0 Å². The summed E-state index contributed by atoms with van der Waals surface area (Å²) in [7, 11) is 0. The molecule has 17 heavy (non-hydrogen) atoms. The summed E-state index contributed by atoms with van der Waals surface area (Å²) in [6.45, 7) is 2.13. The van der Waals surface area contributed by atoms with E-state index in [1.54, 1.807) is 6.08 Å². The lowest BCUT2D eigenvalue weighted by Crippen LogP contribution is -1.89. The van der Waals surface area contributed by atoms with Gasteiger partial charge < -0.3 is 5.11 Å². The van der Waals surface area contributed by atoms with Gasteiger partial charge in [-0.25, -0.2) is 0 Å². The lowest BCUT2D eigenvalue weighted by Gasteiger charge is -1.85. The predicted molar refractivity (Wildman–Crippen MR) is 73.0 cm³/mol. The number of hydrogen-bond acceptors (Lipinski definition) is 1. The van der Waals surface area contributed by atoms with Crippen molar-refractivity contribution in [2.75, 3.05) is 0 Å². The molecule has 0 saturated heterocycles. The van der Waals surface area contributed by atoms with E-state index in [-0.39, 0.29) is 6.42 Å². The lowest BCUT2D eigenvalue weighted by molar-refractivity contribution is -0.136. The first-order valence-corrected chi connectivity index (χ1v) is 6.09. The van der Waals surface area contributed by atoms with Gasteiger partial charge in [-0.1, -0.05) is 55.5 Å². The average Bonchev–Trinajstić information content (AvgIpc) is 2.30. The number of carboxylic acid groups (broad SMARTS) is 1. The molecule has 0 saturated carbocycles. The van der Waals surface area contributed by atoms with Gasteiger partial charge in [0, 0.05) is 0 Å². The van der Waals surface area contributed by atoms with E-state index in [0.717, 1.165) is 25.7 Å². The Morgan fingerprint density at radius 2 is 1.24 bits per heavy atom. The summed E-state index contributed by atoms with van der Waals surface area (Å²) in [5.74, 6) is -0.784. The van der Waals surface area contributed by atoms with Crippen molar-refractivity contribution < 1.29 is 9.90 Å². The molecule has 0 aromatic rings. The first-order valence-electron chi connectivity index (χ1n) is 6.09. The van der Waals surface area contributed by atoms with Crippen LogP contribution in [0.3, 0.4) is 0 Å². The first-order chi connectivity index (χ1) is 8.27. The van der Waals surface area contributed by atoms with Crippen LogP contribution in [-0.4, -0.2) is 11.1 Å². The maximum Gasteiger partial charge on any atom is 0.307 e. The molecule has 0 aliphatic rings. The molecule has 1 N–H and O–H groups in total. The molecule has 0 aliphatic carbocycles. The molecule has 0 aliphatic heterocycles. The molecule has 0 amide bonds. The quantitative estimate of drug-likeness (QED) is 0.605. The van der Waals surface area contributed by atoms with E-state index in [2.05, 4.69) is 37.3 Å². The summed E-state index contributed by atoms with van der Waals surface area (Å²) in [5, 5.41) is 8.39. The van der Waals surface area contributed by atoms with Crippen LogP contribution in [-0.2, 0) is 4.79 Å². The summed E-state index contributed by atoms with van der Waals surface area (Å²) in [5.41, 5.74) is 0. The van der Waals surface area contributed by atoms with Crippen LogP contribution in [0.4, 0.5) is 0 Å². The minimum absolute atomic E-state index is 0.109. The van der Waals surface area contributed by atoms with Gasteiger partial charge in [0.05, 0.1) is 6.42 Å². The van der Waals surface area contributed by atoms with E-state index in [1.807, 2.05) is 12.2 Å². The highest BCUT2D eigenvalue weighted by atomic mass is 16.4. The first kappa shape index (κ1) is 15.4. The molecule has 2 heteroatoms. The van der Waals surface area contributed by atoms with Crippen LogP contribution in [0.25, 0.3) is 0 Å². The molecule has 0 aromatic carbocycles. The van der Waals surface area contributed by atoms with Gasteiger partial charge in [0.15, 0.2) is 0 Å². The minimum atomic E-state index is -0.784. The van der Waals surface area contributed by atoms with Crippen molar-refractivity contribution in [3.05, 3.63) is 48.6 Å². The molecule has 0 atom stereocenters. The molecule has 0 radical (unpaired) electrons. The second-order valence-corrected chi connectivity index (χ2v) is 3.60. The fourth-order valence-corrected chi connectivity index (χ4v) is 1.16. The van der Waals surface area contributed by atoms with Gasteiger partial charge >= 0.3 is 5.97 Å². The Labute approximate surface area is 104 Å². The van der Waals surface area contributed by atoms with E-state index < -0.39 is 5.97 Å². The molecule has 2 nitrogen and oxygen atoms in total. The summed E-state index contributed by atoms with van der Waals surface area (Å²) in [6, 6.07) is 0. The standard InChI is InChI=1S/C15H22O2/c1-2-3-4-5-6-7-8-9-10-11-12-13-14-15(16)17/h3-4,6-7,9-10,12-13H,2,5,8,11,14H2,1H3,(H,16,17). The molecule has 0 spiro atoms. The van der Waals surface area contributed by atoms with E-state index >= 15 is 0 Å². The summed E-state index contributed by atoms with van der Waals surface area (Å²) in [4.78, 5) is 10.2. The van der Waals surface area contributed by atoms with E-state index in [0.29, 0.717) is 0 Å². The van der Waals surface area contributed by atoms with Crippen LogP contribution in [0.15, 0.2) is 48.6 Å². The predicted octanol–water partition coefficient (Wildman–Crippen LogP) is 4.27. The molecule has 0 bridgehead atoms. The van der Waals surface area contributed by atoms with Gasteiger partial charge in [-0.15, -0.1) is 0 Å². The van der Waals surface area contributed by atoms with Crippen LogP contribution >= 0.6 is 0 Å². The highest BCUT2D eigenvalue weighted by Gasteiger charge is 1.86. The number of aliphatic carboxylic acids is 1. The highest BCUT2D eigenvalue weighted by molar-refractivity contribution is 5.68. The fraction of sp³-hybridized carbons (Fsp3) is 0.400. The number of carboxylic acids is 1. The number of allylic oxidation sites excluding steroid dienone is 7. The van der Waals surface area contributed by atoms with Gasteiger partial charge in [-0.3, -0.25) is 4.79 Å². The number of carbonyl (C=O) groups is 1. The number of rotatable bonds is 9.